The predicted octanol–water partition coefficient (Wildman–Crippen LogP) is 3.50. The normalized spacial score (nSPS) is 11.6. The average Bonchev–Trinajstić information content (AvgIpc) is 2.26. The molecule has 0 atom stereocenters. The van der Waals surface area contributed by atoms with Crippen LogP contribution in [-0.4, -0.2) is 16.6 Å². The lowest BCUT2D eigenvalue weighted by Crippen LogP contribution is -2.23. The lowest BCUT2D eigenvalue weighted by atomic mass is 10.1. The van der Waals surface area contributed by atoms with E-state index in [-0.39, 0.29) is 5.97 Å². The fourth-order valence-corrected chi connectivity index (χ4v) is 1.69. The van der Waals surface area contributed by atoms with Gasteiger partial charge in [-0.05, 0) is 52.0 Å². The van der Waals surface area contributed by atoms with Crippen LogP contribution in [0.4, 0.5) is 0 Å². The van der Waals surface area contributed by atoms with Gasteiger partial charge in [-0.15, -0.1) is 0 Å². The molecule has 0 unspecified atom stereocenters. The molecule has 2 aromatic rings. The molecule has 2 rings (SSSR count). The van der Waals surface area contributed by atoms with Gasteiger partial charge in [-0.1, -0.05) is 6.07 Å². The van der Waals surface area contributed by atoms with Crippen molar-refractivity contribution in [3.05, 3.63) is 41.6 Å². The van der Waals surface area contributed by atoms with Crippen LogP contribution in [0.15, 0.2) is 30.3 Å². The molecule has 1 aromatic carbocycles. The van der Waals surface area contributed by atoms with Gasteiger partial charge in [-0.25, -0.2) is 4.79 Å². The zero-order valence-corrected chi connectivity index (χ0v) is 11.2. The van der Waals surface area contributed by atoms with Crippen LogP contribution in [0.1, 0.15) is 36.8 Å². The third-order valence-corrected chi connectivity index (χ3v) is 2.46. The summed E-state index contributed by atoms with van der Waals surface area (Å²) < 4.78 is 5.34. The molecule has 3 nitrogen and oxygen atoms in total. The zero-order valence-electron chi connectivity index (χ0n) is 11.2. The minimum atomic E-state index is -0.475. The van der Waals surface area contributed by atoms with Gasteiger partial charge in [0.05, 0.1) is 11.1 Å². The topological polar surface area (TPSA) is 39.2 Å². The van der Waals surface area contributed by atoms with E-state index in [9.17, 15) is 4.79 Å². The standard InChI is InChI=1S/C15H17NO2/c1-10-5-6-11-9-12(7-8-13(11)16-10)14(17)18-15(2,3)4/h5-9H,1-4H3. The molecule has 0 radical (unpaired) electrons. The second-order valence-corrected chi connectivity index (χ2v) is 5.36. The maximum atomic E-state index is 11.9. The highest BCUT2D eigenvalue weighted by Gasteiger charge is 2.17. The summed E-state index contributed by atoms with van der Waals surface area (Å²) in [6.45, 7) is 7.52. The van der Waals surface area contributed by atoms with Crippen LogP contribution in [0, 0.1) is 6.92 Å². The molecule has 0 N–H and O–H groups in total. The Morgan fingerprint density at radius 1 is 1.17 bits per heavy atom. The van der Waals surface area contributed by atoms with E-state index in [4.69, 9.17) is 4.74 Å². The number of benzene rings is 1. The molecule has 0 aliphatic heterocycles. The number of hydrogen-bond donors (Lipinski definition) is 0. The van der Waals surface area contributed by atoms with Crippen molar-refractivity contribution >= 4 is 16.9 Å². The maximum Gasteiger partial charge on any atom is 0.338 e. The first kappa shape index (κ1) is 12.6. The van der Waals surface area contributed by atoms with E-state index < -0.39 is 5.60 Å². The largest absolute Gasteiger partial charge is 0.456 e. The van der Waals surface area contributed by atoms with Crippen LogP contribution in [0.2, 0.25) is 0 Å². The fraction of sp³-hybridized carbons (Fsp3) is 0.333. The molecular formula is C15H17NO2. The van der Waals surface area contributed by atoms with Crippen LogP contribution in [0.3, 0.4) is 0 Å². The van der Waals surface area contributed by atoms with Gasteiger partial charge in [0.1, 0.15) is 5.60 Å². The molecule has 0 saturated carbocycles. The van der Waals surface area contributed by atoms with Gasteiger partial charge in [0.2, 0.25) is 0 Å². The Balaban J connectivity index is 2.36. The van der Waals surface area contributed by atoms with Crippen molar-refractivity contribution in [2.75, 3.05) is 0 Å². The number of pyridine rings is 1. The number of carbonyl (C=O) groups is 1. The minimum Gasteiger partial charge on any atom is -0.456 e. The maximum absolute atomic E-state index is 11.9. The second-order valence-electron chi connectivity index (χ2n) is 5.36. The molecule has 0 saturated heterocycles. The zero-order chi connectivity index (χ0) is 13.3. The molecule has 1 heterocycles. The summed E-state index contributed by atoms with van der Waals surface area (Å²) in [6.07, 6.45) is 0. The summed E-state index contributed by atoms with van der Waals surface area (Å²) in [4.78, 5) is 16.3. The SMILES string of the molecule is Cc1ccc2cc(C(=O)OC(C)(C)C)ccc2n1. The Kier molecular flexibility index (Phi) is 3.07. The first-order valence-corrected chi connectivity index (χ1v) is 5.96. The average molecular weight is 243 g/mol. The summed E-state index contributed by atoms with van der Waals surface area (Å²) >= 11 is 0. The molecule has 0 fully saturated rings. The number of carbonyl (C=O) groups excluding carboxylic acids is 1. The van der Waals surface area contributed by atoms with E-state index >= 15 is 0 Å². The number of nitrogens with zero attached hydrogens (tertiary/aromatic N) is 1. The highest BCUT2D eigenvalue weighted by Crippen LogP contribution is 2.17. The minimum absolute atomic E-state index is 0.301. The highest BCUT2D eigenvalue weighted by molar-refractivity contribution is 5.94. The first-order chi connectivity index (χ1) is 8.35. The van der Waals surface area contributed by atoms with Crippen molar-refractivity contribution in [2.45, 2.75) is 33.3 Å². The van der Waals surface area contributed by atoms with Gasteiger partial charge < -0.3 is 4.74 Å². The van der Waals surface area contributed by atoms with Gasteiger partial charge in [0.15, 0.2) is 0 Å². The number of fused-ring (bicyclic) bond motifs is 1. The number of esters is 1. The van der Waals surface area contributed by atoms with Crippen LogP contribution in [-0.2, 0) is 4.74 Å². The number of hydrogen-bond acceptors (Lipinski definition) is 3. The third-order valence-electron chi connectivity index (χ3n) is 2.46. The van der Waals surface area contributed by atoms with Crippen molar-refractivity contribution in [1.82, 2.24) is 4.98 Å². The second kappa shape index (κ2) is 4.41. The van der Waals surface area contributed by atoms with Gasteiger partial charge >= 0.3 is 5.97 Å². The molecule has 18 heavy (non-hydrogen) atoms. The molecule has 0 aliphatic rings. The lowest BCUT2D eigenvalue weighted by molar-refractivity contribution is 0.00697. The lowest BCUT2D eigenvalue weighted by Gasteiger charge is -2.19. The Hall–Kier alpha value is -1.90. The number of ether oxygens (including phenoxy) is 1. The number of rotatable bonds is 1. The van der Waals surface area contributed by atoms with Gasteiger partial charge in [-0.3, -0.25) is 4.98 Å². The summed E-state index contributed by atoms with van der Waals surface area (Å²) in [5.74, 6) is -0.301. The predicted molar refractivity (Wildman–Crippen MR) is 71.6 cm³/mol. The van der Waals surface area contributed by atoms with E-state index in [0.717, 1.165) is 16.6 Å². The summed E-state index contributed by atoms with van der Waals surface area (Å²) in [7, 11) is 0. The van der Waals surface area contributed by atoms with Crippen molar-refractivity contribution in [2.24, 2.45) is 0 Å². The van der Waals surface area contributed by atoms with E-state index in [1.54, 1.807) is 6.07 Å². The Morgan fingerprint density at radius 2 is 1.89 bits per heavy atom. The van der Waals surface area contributed by atoms with Crippen LogP contribution in [0.25, 0.3) is 10.9 Å². The van der Waals surface area contributed by atoms with E-state index in [2.05, 4.69) is 4.98 Å². The molecule has 3 heteroatoms. The molecule has 94 valence electrons. The summed E-state index contributed by atoms with van der Waals surface area (Å²) in [5.41, 5.74) is 1.94. The van der Waals surface area contributed by atoms with Crippen molar-refractivity contribution in [3.8, 4) is 0 Å². The number of aryl methyl sites for hydroxylation is 1. The highest BCUT2D eigenvalue weighted by atomic mass is 16.6. The van der Waals surface area contributed by atoms with Crippen molar-refractivity contribution < 1.29 is 9.53 Å². The molecule has 0 amide bonds. The van der Waals surface area contributed by atoms with Crippen LogP contribution >= 0.6 is 0 Å². The molecule has 0 aliphatic carbocycles. The number of aromatic nitrogens is 1. The first-order valence-electron chi connectivity index (χ1n) is 5.96. The van der Waals surface area contributed by atoms with Crippen LogP contribution < -0.4 is 0 Å². The van der Waals surface area contributed by atoms with E-state index in [1.807, 2.05) is 52.0 Å². The fourth-order valence-electron chi connectivity index (χ4n) is 1.69. The van der Waals surface area contributed by atoms with Gasteiger partial charge in [-0.2, -0.15) is 0 Å². The van der Waals surface area contributed by atoms with E-state index in [0.29, 0.717) is 5.56 Å². The van der Waals surface area contributed by atoms with E-state index in [1.165, 1.54) is 0 Å². The van der Waals surface area contributed by atoms with Crippen LogP contribution in [0.5, 0.6) is 0 Å². The molecule has 1 aromatic heterocycles. The van der Waals surface area contributed by atoms with Crippen molar-refractivity contribution in [3.63, 3.8) is 0 Å². The Bertz CT molecular complexity index is 597. The Labute approximate surface area is 107 Å². The third kappa shape index (κ3) is 2.86. The molecular weight excluding hydrogens is 226 g/mol. The van der Waals surface area contributed by atoms with Crippen molar-refractivity contribution in [1.29, 1.82) is 0 Å². The summed E-state index contributed by atoms with van der Waals surface area (Å²) in [6, 6.07) is 9.31. The molecule has 0 spiro atoms. The summed E-state index contributed by atoms with van der Waals surface area (Å²) in [5, 5.41) is 0.948. The molecule has 0 bridgehead atoms. The smallest absolute Gasteiger partial charge is 0.338 e. The monoisotopic (exact) mass is 243 g/mol. The van der Waals surface area contributed by atoms with Gasteiger partial charge in [0, 0.05) is 11.1 Å². The Morgan fingerprint density at radius 3 is 2.56 bits per heavy atom. The quantitative estimate of drug-likeness (QED) is 0.719. The van der Waals surface area contributed by atoms with Gasteiger partial charge in [0.25, 0.3) is 0 Å².